The van der Waals surface area contributed by atoms with Crippen LogP contribution in [0.25, 0.3) is 6.08 Å². The summed E-state index contributed by atoms with van der Waals surface area (Å²) in [6, 6.07) is 16.8. The molecule has 144 valence electrons. The van der Waals surface area contributed by atoms with Crippen molar-refractivity contribution in [3.05, 3.63) is 71.1 Å². The molecule has 1 amide bonds. The fraction of sp³-hybridized carbons (Fsp3) is 0.286. The normalized spacial score (nSPS) is 12.3. The van der Waals surface area contributed by atoms with Crippen LogP contribution in [0.1, 0.15) is 38.3 Å². The first-order valence-corrected chi connectivity index (χ1v) is 10.3. The number of anilines is 1. The molecule has 0 aliphatic heterocycles. The summed E-state index contributed by atoms with van der Waals surface area (Å²) in [6.07, 6.45) is 1.57. The molecule has 6 heteroatoms. The van der Waals surface area contributed by atoms with Crippen molar-refractivity contribution in [2.45, 2.75) is 32.6 Å². The van der Waals surface area contributed by atoms with Crippen LogP contribution >= 0.6 is 0 Å². The first-order chi connectivity index (χ1) is 12.7. The van der Waals surface area contributed by atoms with E-state index in [-0.39, 0.29) is 24.3 Å². The molecule has 0 saturated heterocycles. The lowest BCUT2D eigenvalue weighted by atomic mass is 9.87. The number of hydrogen-bond acceptors (Lipinski definition) is 3. The highest BCUT2D eigenvalue weighted by Gasteiger charge is 2.13. The van der Waals surface area contributed by atoms with E-state index in [1.54, 1.807) is 0 Å². The van der Waals surface area contributed by atoms with E-state index in [2.05, 4.69) is 30.8 Å². The Morgan fingerprint density at radius 1 is 1.00 bits per heavy atom. The summed E-state index contributed by atoms with van der Waals surface area (Å²) in [5, 5.41) is 3.88. The summed E-state index contributed by atoms with van der Waals surface area (Å²) in [5.41, 5.74) is 2.71. The van der Waals surface area contributed by atoms with E-state index in [0.29, 0.717) is 5.69 Å². The fourth-order valence-electron chi connectivity index (χ4n) is 2.36. The summed E-state index contributed by atoms with van der Waals surface area (Å²) in [6.45, 7) is 6.41. The number of sulfonamides is 1. The molecule has 0 aliphatic carbocycles. The fourth-order valence-corrected chi connectivity index (χ4v) is 3.18. The summed E-state index contributed by atoms with van der Waals surface area (Å²) >= 11 is 0. The van der Waals surface area contributed by atoms with E-state index in [1.807, 2.05) is 54.6 Å². The number of carbonyl (C=O) groups is 1. The summed E-state index contributed by atoms with van der Waals surface area (Å²) in [7, 11) is -3.58. The van der Waals surface area contributed by atoms with Gasteiger partial charge in [0.05, 0.1) is 0 Å². The zero-order valence-corrected chi connectivity index (χ0v) is 16.7. The smallest absolute Gasteiger partial charge is 0.233 e. The quantitative estimate of drug-likeness (QED) is 0.758. The third-order valence-corrected chi connectivity index (χ3v) is 5.03. The van der Waals surface area contributed by atoms with Gasteiger partial charge < -0.3 is 5.32 Å². The van der Waals surface area contributed by atoms with Gasteiger partial charge in [-0.2, -0.15) is 0 Å². The van der Waals surface area contributed by atoms with E-state index < -0.39 is 10.0 Å². The van der Waals surface area contributed by atoms with Gasteiger partial charge in [0, 0.05) is 24.1 Å². The third kappa shape index (κ3) is 7.37. The minimum absolute atomic E-state index is 0.0351. The van der Waals surface area contributed by atoms with Gasteiger partial charge >= 0.3 is 0 Å². The molecule has 2 N–H and O–H groups in total. The Hall–Kier alpha value is -2.44. The molecule has 2 rings (SSSR count). The monoisotopic (exact) mass is 386 g/mol. The SMILES string of the molecule is CC(C)(C)c1ccc(NC(=O)CCNS(=O)(=O)/C=C/c2ccccc2)cc1. The zero-order chi connectivity index (χ0) is 19.9. The lowest BCUT2D eigenvalue weighted by Gasteiger charge is -2.19. The molecule has 0 spiro atoms. The van der Waals surface area contributed by atoms with Crippen molar-refractivity contribution in [2.24, 2.45) is 0 Å². The van der Waals surface area contributed by atoms with Crippen molar-refractivity contribution in [1.29, 1.82) is 0 Å². The second kappa shape index (κ2) is 8.97. The molecule has 27 heavy (non-hydrogen) atoms. The van der Waals surface area contributed by atoms with E-state index in [9.17, 15) is 13.2 Å². The van der Waals surface area contributed by atoms with Crippen molar-refractivity contribution in [3.8, 4) is 0 Å². The predicted octanol–water partition coefficient (Wildman–Crippen LogP) is 3.90. The molecule has 0 aromatic heterocycles. The highest BCUT2D eigenvalue weighted by Crippen LogP contribution is 2.23. The maximum absolute atomic E-state index is 12.0. The van der Waals surface area contributed by atoms with Gasteiger partial charge in [-0.3, -0.25) is 4.79 Å². The molecule has 5 nitrogen and oxygen atoms in total. The van der Waals surface area contributed by atoms with Crippen molar-refractivity contribution in [3.63, 3.8) is 0 Å². The molecule has 0 unspecified atom stereocenters. The second-order valence-corrected chi connectivity index (χ2v) is 8.93. The van der Waals surface area contributed by atoms with Gasteiger partial charge in [-0.1, -0.05) is 63.2 Å². The Kier molecular flexibility index (Phi) is 6.93. The van der Waals surface area contributed by atoms with Gasteiger partial charge in [0.1, 0.15) is 0 Å². The molecular formula is C21H26N2O3S. The van der Waals surface area contributed by atoms with Gasteiger partial charge in [-0.15, -0.1) is 0 Å². The standard InChI is InChI=1S/C21H26N2O3S/c1-21(2,3)18-9-11-19(12-10-18)23-20(24)13-15-22-27(25,26)16-14-17-7-5-4-6-8-17/h4-12,14,16,22H,13,15H2,1-3H3,(H,23,24)/b16-14+. The van der Waals surface area contributed by atoms with Crippen LogP contribution in [0.3, 0.4) is 0 Å². The van der Waals surface area contributed by atoms with Crippen LogP contribution in [-0.4, -0.2) is 20.9 Å². The van der Waals surface area contributed by atoms with E-state index in [4.69, 9.17) is 0 Å². The molecule has 0 atom stereocenters. The van der Waals surface area contributed by atoms with Crippen LogP contribution in [0.15, 0.2) is 60.0 Å². The lowest BCUT2D eigenvalue weighted by molar-refractivity contribution is -0.116. The molecule has 0 heterocycles. The highest BCUT2D eigenvalue weighted by molar-refractivity contribution is 7.92. The van der Waals surface area contributed by atoms with E-state index in [1.165, 1.54) is 11.6 Å². The Bertz CT molecular complexity index is 881. The Balaban J connectivity index is 1.80. The van der Waals surface area contributed by atoms with Crippen LogP contribution in [0.2, 0.25) is 0 Å². The van der Waals surface area contributed by atoms with Crippen LogP contribution in [-0.2, 0) is 20.2 Å². The molecule has 0 saturated carbocycles. The summed E-state index contributed by atoms with van der Waals surface area (Å²) in [4.78, 5) is 12.0. The van der Waals surface area contributed by atoms with E-state index >= 15 is 0 Å². The Morgan fingerprint density at radius 2 is 1.63 bits per heavy atom. The van der Waals surface area contributed by atoms with Crippen molar-refractivity contribution in [2.75, 3.05) is 11.9 Å². The minimum atomic E-state index is -3.58. The predicted molar refractivity (Wildman–Crippen MR) is 111 cm³/mol. The molecular weight excluding hydrogens is 360 g/mol. The van der Waals surface area contributed by atoms with Crippen LogP contribution in [0.4, 0.5) is 5.69 Å². The molecule has 0 fully saturated rings. The van der Waals surface area contributed by atoms with E-state index in [0.717, 1.165) is 11.0 Å². The highest BCUT2D eigenvalue weighted by atomic mass is 32.2. The largest absolute Gasteiger partial charge is 0.326 e. The van der Waals surface area contributed by atoms with Crippen molar-refractivity contribution >= 4 is 27.7 Å². The second-order valence-electron chi connectivity index (χ2n) is 7.28. The molecule has 0 aliphatic rings. The molecule has 0 bridgehead atoms. The number of rotatable bonds is 7. The average Bonchev–Trinajstić information content (AvgIpc) is 2.60. The van der Waals surface area contributed by atoms with Crippen LogP contribution in [0.5, 0.6) is 0 Å². The third-order valence-electron chi connectivity index (χ3n) is 3.93. The van der Waals surface area contributed by atoms with Gasteiger partial charge in [0.25, 0.3) is 0 Å². The number of carbonyl (C=O) groups excluding carboxylic acids is 1. The first kappa shape index (κ1) is 20.9. The average molecular weight is 387 g/mol. The van der Waals surface area contributed by atoms with Gasteiger partial charge in [0.2, 0.25) is 15.9 Å². The Labute approximate surface area is 161 Å². The Morgan fingerprint density at radius 3 is 2.22 bits per heavy atom. The van der Waals surface area contributed by atoms with Gasteiger partial charge in [-0.25, -0.2) is 13.1 Å². The van der Waals surface area contributed by atoms with Crippen LogP contribution < -0.4 is 10.0 Å². The van der Waals surface area contributed by atoms with Gasteiger partial charge in [0.15, 0.2) is 0 Å². The lowest BCUT2D eigenvalue weighted by Crippen LogP contribution is -2.26. The summed E-state index contributed by atoms with van der Waals surface area (Å²) < 4.78 is 26.3. The summed E-state index contributed by atoms with van der Waals surface area (Å²) in [5.74, 6) is -0.242. The van der Waals surface area contributed by atoms with Crippen molar-refractivity contribution in [1.82, 2.24) is 4.72 Å². The molecule has 2 aromatic rings. The van der Waals surface area contributed by atoms with Crippen molar-refractivity contribution < 1.29 is 13.2 Å². The number of amides is 1. The molecule has 2 aromatic carbocycles. The number of benzene rings is 2. The van der Waals surface area contributed by atoms with Crippen LogP contribution in [0, 0.1) is 0 Å². The molecule has 0 radical (unpaired) electrons. The maximum atomic E-state index is 12.0. The number of nitrogens with one attached hydrogen (secondary N) is 2. The maximum Gasteiger partial charge on any atom is 0.233 e. The minimum Gasteiger partial charge on any atom is -0.326 e. The number of hydrogen-bond donors (Lipinski definition) is 2. The van der Waals surface area contributed by atoms with Gasteiger partial charge in [-0.05, 0) is 34.8 Å². The first-order valence-electron chi connectivity index (χ1n) is 8.79. The topological polar surface area (TPSA) is 75.3 Å². The zero-order valence-electron chi connectivity index (χ0n) is 15.9.